The molecule has 1 heterocycles. The molecule has 1 aromatic heterocycles. The lowest BCUT2D eigenvalue weighted by molar-refractivity contribution is 0.257. The second kappa shape index (κ2) is 5.39. The van der Waals surface area contributed by atoms with Crippen LogP contribution in [-0.2, 0) is 6.42 Å². The van der Waals surface area contributed by atoms with E-state index in [2.05, 4.69) is 35.0 Å². The van der Waals surface area contributed by atoms with Crippen molar-refractivity contribution in [2.24, 2.45) is 11.7 Å². The number of benzene rings is 1. The van der Waals surface area contributed by atoms with Gasteiger partial charge in [-0.25, -0.2) is 0 Å². The second-order valence-electron chi connectivity index (χ2n) is 5.31. The number of fused-ring (bicyclic) bond motifs is 1. The summed E-state index contributed by atoms with van der Waals surface area (Å²) >= 11 is 1.85. The molecule has 3 heteroatoms. The first-order valence-electron chi connectivity index (χ1n) is 6.74. The minimum atomic E-state index is 0.470. The van der Waals surface area contributed by atoms with Crippen LogP contribution in [0.25, 0.3) is 10.1 Å². The van der Waals surface area contributed by atoms with Crippen molar-refractivity contribution in [2.45, 2.75) is 25.3 Å². The summed E-state index contributed by atoms with van der Waals surface area (Å²) in [6, 6.07) is 9.14. The molecular weight excluding hydrogens is 240 g/mol. The molecular formula is C15H20N2S. The highest BCUT2D eigenvalue weighted by molar-refractivity contribution is 7.17. The molecule has 1 fully saturated rings. The minimum absolute atomic E-state index is 0.470. The summed E-state index contributed by atoms with van der Waals surface area (Å²) in [6.07, 6.45) is 3.53. The van der Waals surface area contributed by atoms with Crippen LogP contribution in [-0.4, -0.2) is 19.1 Å². The summed E-state index contributed by atoms with van der Waals surface area (Å²) in [5, 5.41) is 7.28. The molecule has 0 atom stereocenters. The van der Waals surface area contributed by atoms with Crippen molar-refractivity contribution in [2.75, 3.05) is 13.1 Å². The third-order valence-corrected chi connectivity index (χ3v) is 4.85. The van der Waals surface area contributed by atoms with Crippen LogP contribution in [0.2, 0.25) is 0 Å². The van der Waals surface area contributed by atoms with Crippen molar-refractivity contribution in [3.8, 4) is 0 Å². The van der Waals surface area contributed by atoms with E-state index in [1.807, 2.05) is 11.3 Å². The molecule has 0 saturated heterocycles. The van der Waals surface area contributed by atoms with Gasteiger partial charge in [0.1, 0.15) is 0 Å². The molecule has 1 saturated carbocycles. The highest BCUT2D eigenvalue weighted by Gasteiger charge is 2.24. The molecule has 18 heavy (non-hydrogen) atoms. The number of nitrogens with two attached hydrogens (primary N) is 1. The average Bonchev–Trinajstić information content (AvgIpc) is 2.75. The standard InChI is InChI=1S/C15H20N2S/c16-13-7-11(8-13)9-17-6-5-12-10-18-15-4-2-1-3-14(12)15/h1-4,10-11,13,17H,5-9,16H2. The van der Waals surface area contributed by atoms with Gasteiger partial charge in [0, 0.05) is 10.7 Å². The minimum Gasteiger partial charge on any atom is -0.328 e. The number of rotatable bonds is 5. The maximum atomic E-state index is 5.79. The summed E-state index contributed by atoms with van der Waals surface area (Å²) in [6.45, 7) is 2.21. The van der Waals surface area contributed by atoms with Gasteiger partial charge in [-0.05, 0) is 60.7 Å². The fourth-order valence-electron chi connectivity index (χ4n) is 2.71. The van der Waals surface area contributed by atoms with Crippen LogP contribution in [0.1, 0.15) is 18.4 Å². The van der Waals surface area contributed by atoms with Crippen LogP contribution in [0.4, 0.5) is 0 Å². The van der Waals surface area contributed by atoms with E-state index in [0.717, 1.165) is 25.4 Å². The molecule has 1 aliphatic rings. The Labute approximate surface area is 112 Å². The quantitative estimate of drug-likeness (QED) is 0.811. The topological polar surface area (TPSA) is 38.0 Å². The molecule has 0 unspecified atom stereocenters. The second-order valence-corrected chi connectivity index (χ2v) is 6.22. The Morgan fingerprint density at radius 2 is 2.11 bits per heavy atom. The summed E-state index contributed by atoms with van der Waals surface area (Å²) in [5.41, 5.74) is 7.27. The van der Waals surface area contributed by atoms with Gasteiger partial charge in [-0.1, -0.05) is 18.2 Å². The zero-order chi connectivity index (χ0) is 12.4. The van der Waals surface area contributed by atoms with Gasteiger partial charge in [0.05, 0.1) is 0 Å². The van der Waals surface area contributed by atoms with Gasteiger partial charge in [-0.15, -0.1) is 11.3 Å². The number of nitrogens with one attached hydrogen (secondary N) is 1. The zero-order valence-corrected chi connectivity index (χ0v) is 11.4. The van der Waals surface area contributed by atoms with Gasteiger partial charge < -0.3 is 11.1 Å². The molecule has 3 N–H and O–H groups in total. The molecule has 2 aromatic rings. The van der Waals surface area contributed by atoms with Crippen LogP contribution in [0.15, 0.2) is 29.6 Å². The maximum absolute atomic E-state index is 5.79. The molecule has 0 radical (unpaired) electrons. The predicted octanol–water partition coefficient (Wildman–Crippen LogP) is 2.77. The first-order chi connectivity index (χ1) is 8.83. The van der Waals surface area contributed by atoms with E-state index in [1.54, 1.807) is 0 Å². The Kier molecular flexibility index (Phi) is 3.64. The van der Waals surface area contributed by atoms with E-state index in [9.17, 15) is 0 Å². The van der Waals surface area contributed by atoms with Crippen molar-refractivity contribution in [3.63, 3.8) is 0 Å². The number of thiophene rings is 1. The Bertz CT molecular complexity index is 514. The first kappa shape index (κ1) is 12.2. The lowest BCUT2D eigenvalue weighted by Gasteiger charge is -2.32. The lowest BCUT2D eigenvalue weighted by Crippen LogP contribution is -2.41. The molecule has 0 amide bonds. The van der Waals surface area contributed by atoms with Crippen LogP contribution in [0.5, 0.6) is 0 Å². The summed E-state index contributed by atoms with van der Waals surface area (Å²) in [4.78, 5) is 0. The van der Waals surface area contributed by atoms with Gasteiger partial charge in [0.2, 0.25) is 0 Å². The molecule has 0 bridgehead atoms. The van der Waals surface area contributed by atoms with Crippen molar-refractivity contribution in [1.82, 2.24) is 5.32 Å². The first-order valence-corrected chi connectivity index (χ1v) is 7.62. The van der Waals surface area contributed by atoms with Gasteiger partial charge in [-0.2, -0.15) is 0 Å². The van der Waals surface area contributed by atoms with Crippen molar-refractivity contribution >= 4 is 21.4 Å². The van der Waals surface area contributed by atoms with Gasteiger partial charge in [-0.3, -0.25) is 0 Å². The zero-order valence-electron chi connectivity index (χ0n) is 10.6. The summed E-state index contributed by atoms with van der Waals surface area (Å²) in [7, 11) is 0. The van der Waals surface area contributed by atoms with E-state index < -0.39 is 0 Å². The normalized spacial score (nSPS) is 23.2. The number of hydrogen-bond acceptors (Lipinski definition) is 3. The fourth-order valence-corrected chi connectivity index (χ4v) is 3.71. The lowest BCUT2D eigenvalue weighted by atomic mass is 9.81. The third kappa shape index (κ3) is 2.58. The molecule has 0 aliphatic heterocycles. The van der Waals surface area contributed by atoms with E-state index in [0.29, 0.717) is 6.04 Å². The van der Waals surface area contributed by atoms with Crippen molar-refractivity contribution in [1.29, 1.82) is 0 Å². The molecule has 0 spiro atoms. The Balaban J connectivity index is 1.48. The van der Waals surface area contributed by atoms with Crippen LogP contribution >= 0.6 is 11.3 Å². The molecule has 1 aromatic carbocycles. The average molecular weight is 260 g/mol. The van der Waals surface area contributed by atoms with Crippen molar-refractivity contribution in [3.05, 3.63) is 35.2 Å². The highest BCUT2D eigenvalue weighted by Crippen LogP contribution is 2.26. The molecule has 3 rings (SSSR count). The fraction of sp³-hybridized carbons (Fsp3) is 0.467. The molecule has 1 aliphatic carbocycles. The maximum Gasteiger partial charge on any atom is 0.0345 e. The molecule has 96 valence electrons. The van der Waals surface area contributed by atoms with Crippen LogP contribution in [0, 0.1) is 5.92 Å². The summed E-state index contributed by atoms with van der Waals surface area (Å²) < 4.78 is 1.40. The van der Waals surface area contributed by atoms with Crippen LogP contribution in [0.3, 0.4) is 0 Å². The van der Waals surface area contributed by atoms with E-state index >= 15 is 0 Å². The van der Waals surface area contributed by atoms with Crippen molar-refractivity contribution < 1.29 is 0 Å². The van der Waals surface area contributed by atoms with E-state index in [1.165, 1.54) is 28.5 Å². The largest absolute Gasteiger partial charge is 0.328 e. The number of hydrogen-bond donors (Lipinski definition) is 2. The Morgan fingerprint density at radius 3 is 2.94 bits per heavy atom. The van der Waals surface area contributed by atoms with Gasteiger partial charge in [0.15, 0.2) is 0 Å². The molecule has 2 nitrogen and oxygen atoms in total. The monoisotopic (exact) mass is 260 g/mol. The van der Waals surface area contributed by atoms with E-state index in [4.69, 9.17) is 5.73 Å². The van der Waals surface area contributed by atoms with Gasteiger partial charge >= 0.3 is 0 Å². The third-order valence-electron chi connectivity index (χ3n) is 3.84. The van der Waals surface area contributed by atoms with Gasteiger partial charge in [0.25, 0.3) is 0 Å². The summed E-state index contributed by atoms with van der Waals surface area (Å²) in [5.74, 6) is 0.819. The SMILES string of the molecule is NC1CC(CNCCc2csc3ccccc23)C1. The van der Waals surface area contributed by atoms with Crippen LogP contribution < -0.4 is 11.1 Å². The highest BCUT2D eigenvalue weighted by atomic mass is 32.1. The Morgan fingerprint density at radius 1 is 1.28 bits per heavy atom. The predicted molar refractivity (Wildman–Crippen MR) is 79.1 cm³/mol. The van der Waals surface area contributed by atoms with E-state index in [-0.39, 0.29) is 0 Å². The Hall–Kier alpha value is -0.900. The smallest absolute Gasteiger partial charge is 0.0345 e.